The summed E-state index contributed by atoms with van der Waals surface area (Å²) in [6, 6.07) is 9.00. The lowest BCUT2D eigenvalue weighted by molar-refractivity contribution is -0.135. The zero-order valence-electron chi connectivity index (χ0n) is 13.6. The number of benzene rings is 2. The van der Waals surface area contributed by atoms with Crippen molar-refractivity contribution in [3.05, 3.63) is 58.9 Å². The molecule has 5 nitrogen and oxygen atoms in total. The van der Waals surface area contributed by atoms with Crippen molar-refractivity contribution in [2.45, 2.75) is 25.7 Å². The van der Waals surface area contributed by atoms with E-state index in [4.69, 9.17) is 5.11 Å². The van der Waals surface area contributed by atoms with Crippen LogP contribution in [0.2, 0.25) is 0 Å². The third kappa shape index (κ3) is 3.26. The van der Waals surface area contributed by atoms with Crippen LogP contribution in [0, 0.1) is 26.6 Å². The van der Waals surface area contributed by atoms with Crippen molar-refractivity contribution in [2.24, 2.45) is 0 Å². The minimum Gasteiger partial charge on any atom is -0.480 e. The maximum Gasteiger partial charge on any atom is 0.324 e. The van der Waals surface area contributed by atoms with Crippen LogP contribution in [0.3, 0.4) is 0 Å². The SMILES string of the molecule is Cc1cc(C)c(N(CC(=O)O)S(=O)(=O)c2ccccc2)c(C)c1F. The van der Waals surface area contributed by atoms with Gasteiger partial charge in [0, 0.05) is 5.56 Å². The van der Waals surface area contributed by atoms with Crippen molar-refractivity contribution >= 4 is 21.7 Å². The van der Waals surface area contributed by atoms with Crippen LogP contribution in [-0.2, 0) is 14.8 Å². The van der Waals surface area contributed by atoms with E-state index >= 15 is 0 Å². The molecule has 0 amide bonds. The Morgan fingerprint density at radius 2 is 1.71 bits per heavy atom. The number of carboxylic acid groups (broad SMARTS) is 1. The summed E-state index contributed by atoms with van der Waals surface area (Å²) in [5, 5.41) is 9.16. The lowest BCUT2D eigenvalue weighted by Crippen LogP contribution is -2.37. The number of sulfonamides is 1. The van der Waals surface area contributed by atoms with Crippen molar-refractivity contribution < 1.29 is 22.7 Å². The molecule has 0 spiro atoms. The number of aryl methyl sites for hydroxylation is 2. The standard InChI is InChI=1S/C17H18FNO4S/c1-11-9-12(2)17(13(3)16(11)18)19(10-15(20)21)24(22,23)14-7-5-4-6-8-14/h4-9H,10H2,1-3H3,(H,20,21). The Hall–Kier alpha value is -2.41. The summed E-state index contributed by atoms with van der Waals surface area (Å²) < 4.78 is 40.9. The molecule has 0 fully saturated rings. The van der Waals surface area contributed by atoms with Crippen molar-refractivity contribution in [3.63, 3.8) is 0 Å². The fraction of sp³-hybridized carbons (Fsp3) is 0.235. The number of halogens is 1. The van der Waals surface area contributed by atoms with Gasteiger partial charge in [0.2, 0.25) is 0 Å². The van der Waals surface area contributed by atoms with Crippen LogP contribution in [-0.4, -0.2) is 26.0 Å². The summed E-state index contributed by atoms with van der Waals surface area (Å²) in [6.45, 7) is 3.86. The number of carbonyl (C=O) groups is 1. The second kappa shape index (κ2) is 6.60. The van der Waals surface area contributed by atoms with Gasteiger partial charge in [-0.3, -0.25) is 9.10 Å². The van der Waals surface area contributed by atoms with E-state index in [1.807, 2.05) is 0 Å². The molecular weight excluding hydrogens is 333 g/mol. The van der Waals surface area contributed by atoms with E-state index in [9.17, 15) is 17.6 Å². The number of aliphatic carboxylic acids is 1. The zero-order chi connectivity index (χ0) is 18.1. The van der Waals surface area contributed by atoms with Gasteiger partial charge < -0.3 is 5.11 Å². The maximum atomic E-state index is 14.3. The molecule has 0 aliphatic heterocycles. The van der Waals surface area contributed by atoms with E-state index in [-0.39, 0.29) is 16.1 Å². The highest BCUT2D eigenvalue weighted by molar-refractivity contribution is 7.92. The maximum absolute atomic E-state index is 14.3. The molecule has 0 heterocycles. The van der Waals surface area contributed by atoms with Gasteiger partial charge in [0.05, 0.1) is 10.6 Å². The lowest BCUT2D eigenvalue weighted by Gasteiger charge is -2.26. The zero-order valence-corrected chi connectivity index (χ0v) is 14.4. The Bertz CT molecular complexity index is 879. The highest BCUT2D eigenvalue weighted by Gasteiger charge is 2.30. The molecule has 0 atom stereocenters. The first-order valence-corrected chi connectivity index (χ1v) is 8.66. The van der Waals surface area contributed by atoms with Gasteiger partial charge in [-0.05, 0) is 44.0 Å². The highest BCUT2D eigenvalue weighted by atomic mass is 32.2. The molecule has 1 N–H and O–H groups in total. The first kappa shape index (κ1) is 17.9. The molecule has 2 aromatic rings. The Balaban J connectivity index is 2.72. The van der Waals surface area contributed by atoms with Crippen LogP contribution < -0.4 is 4.31 Å². The van der Waals surface area contributed by atoms with Crippen molar-refractivity contribution in [3.8, 4) is 0 Å². The summed E-state index contributed by atoms with van der Waals surface area (Å²) in [5.41, 5.74) is 1.03. The van der Waals surface area contributed by atoms with Gasteiger partial charge in [0.1, 0.15) is 12.4 Å². The van der Waals surface area contributed by atoms with E-state index in [1.165, 1.54) is 25.1 Å². The second-order valence-electron chi connectivity index (χ2n) is 5.52. The monoisotopic (exact) mass is 351 g/mol. The van der Waals surface area contributed by atoms with E-state index < -0.39 is 28.4 Å². The van der Waals surface area contributed by atoms with E-state index in [2.05, 4.69) is 0 Å². The third-order valence-corrected chi connectivity index (χ3v) is 5.46. The van der Waals surface area contributed by atoms with E-state index in [0.717, 1.165) is 4.31 Å². The molecule has 0 aromatic heterocycles. The van der Waals surface area contributed by atoms with Crippen LogP contribution in [0.1, 0.15) is 16.7 Å². The van der Waals surface area contributed by atoms with Gasteiger partial charge in [-0.1, -0.05) is 24.3 Å². The first-order valence-electron chi connectivity index (χ1n) is 7.22. The lowest BCUT2D eigenvalue weighted by atomic mass is 10.0. The Kier molecular flexibility index (Phi) is 4.94. The van der Waals surface area contributed by atoms with Crippen molar-refractivity contribution in [2.75, 3.05) is 10.8 Å². The molecule has 0 unspecified atom stereocenters. The topological polar surface area (TPSA) is 74.7 Å². The normalized spacial score (nSPS) is 11.3. The van der Waals surface area contributed by atoms with Crippen molar-refractivity contribution in [1.82, 2.24) is 0 Å². The molecule has 7 heteroatoms. The molecule has 0 saturated carbocycles. The minimum atomic E-state index is -4.14. The van der Waals surface area contributed by atoms with Crippen LogP contribution >= 0.6 is 0 Å². The van der Waals surface area contributed by atoms with Crippen LogP contribution in [0.4, 0.5) is 10.1 Å². The summed E-state index contributed by atoms with van der Waals surface area (Å²) in [7, 11) is -4.14. The molecule has 0 aliphatic carbocycles. The second-order valence-corrected chi connectivity index (χ2v) is 7.38. The largest absolute Gasteiger partial charge is 0.480 e. The van der Waals surface area contributed by atoms with Crippen LogP contribution in [0.25, 0.3) is 0 Å². The number of hydrogen-bond acceptors (Lipinski definition) is 3. The molecule has 0 aliphatic rings. The summed E-state index contributed by atoms with van der Waals surface area (Å²) in [4.78, 5) is 11.2. The smallest absolute Gasteiger partial charge is 0.324 e. The average molecular weight is 351 g/mol. The first-order chi connectivity index (χ1) is 11.2. The van der Waals surface area contributed by atoms with Gasteiger partial charge in [0.25, 0.3) is 10.0 Å². The molecular formula is C17H18FNO4S. The van der Waals surface area contributed by atoms with Gasteiger partial charge in [-0.15, -0.1) is 0 Å². The predicted molar refractivity (Wildman–Crippen MR) is 89.2 cm³/mol. The number of nitrogens with zero attached hydrogens (tertiary/aromatic N) is 1. The average Bonchev–Trinajstić information content (AvgIpc) is 2.52. The van der Waals surface area contributed by atoms with Crippen LogP contribution in [0.5, 0.6) is 0 Å². The Labute approximate surface area is 140 Å². The van der Waals surface area contributed by atoms with E-state index in [0.29, 0.717) is 11.1 Å². The fourth-order valence-electron chi connectivity index (χ4n) is 2.66. The molecule has 0 saturated heterocycles. The summed E-state index contributed by atoms with van der Waals surface area (Å²) in [6.07, 6.45) is 0. The number of rotatable bonds is 5. The quantitative estimate of drug-likeness (QED) is 0.898. The molecule has 128 valence electrons. The summed E-state index contributed by atoms with van der Waals surface area (Å²) >= 11 is 0. The van der Waals surface area contributed by atoms with Crippen molar-refractivity contribution in [1.29, 1.82) is 0 Å². The summed E-state index contributed by atoms with van der Waals surface area (Å²) in [5.74, 6) is -1.87. The Morgan fingerprint density at radius 1 is 1.12 bits per heavy atom. The molecule has 2 rings (SSSR count). The van der Waals surface area contributed by atoms with Gasteiger partial charge in [-0.2, -0.15) is 0 Å². The number of anilines is 1. The highest BCUT2D eigenvalue weighted by Crippen LogP contribution is 2.33. The molecule has 0 radical (unpaired) electrons. The number of carboxylic acids is 1. The van der Waals surface area contributed by atoms with Gasteiger partial charge in [0.15, 0.2) is 0 Å². The van der Waals surface area contributed by atoms with Gasteiger partial charge in [-0.25, -0.2) is 12.8 Å². The molecule has 24 heavy (non-hydrogen) atoms. The predicted octanol–water partition coefficient (Wildman–Crippen LogP) is 3.03. The number of hydrogen-bond donors (Lipinski definition) is 1. The van der Waals surface area contributed by atoms with Crippen LogP contribution in [0.15, 0.2) is 41.3 Å². The third-order valence-electron chi connectivity index (χ3n) is 3.70. The fourth-order valence-corrected chi connectivity index (χ4v) is 4.22. The van der Waals surface area contributed by atoms with E-state index in [1.54, 1.807) is 32.0 Å². The Morgan fingerprint density at radius 3 is 2.25 bits per heavy atom. The van der Waals surface area contributed by atoms with Gasteiger partial charge >= 0.3 is 5.97 Å². The molecule has 0 bridgehead atoms. The minimum absolute atomic E-state index is 0.0500. The molecule has 2 aromatic carbocycles.